The summed E-state index contributed by atoms with van der Waals surface area (Å²) in [5, 5.41) is 3.59. The van der Waals surface area contributed by atoms with Gasteiger partial charge in [-0.05, 0) is 55.6 Å². The van der Waals surface area contributed by atoms with Gasteiger partial charge < -0.3 is 5.32 Å². The molecule has 1 fully saturated rings. The van der Waals surface area contributed by atoms with E-state index in [4.69, 9.17) is 0 Å². The van der Waals surface area contributed by atoms with E-state index in [1.165, 1.54) is 31.6 Å². The summed E-state index contributed by atoms with van der Waals surface area (Å²) < 4.78 is 1.16. The molecule has 2 nitrogen and oxygen atoms in total. The van der Waals surface area contributed by atoms with Gasteiger partial charge in [0.1, 0.15) is 0 Å². The monoisotopic (exact) mass is 324 g/mol. The molecule has 1 unspecified atom stereocenters. The van der Waals surface area contributed by atoms with Crippen molar-refractivity contribution in [3.8, 4) is 0 Å². The van der Waals surface area contributed by atoms with Gasteiger partial charge in [0.25, 0.3) is 0 Å². The van der Waals surface area contributed by atoms with Crippen LogP contribution in [0.4, 0.5) is 0 Å². The Labute approximate surface area is 125 Å². The molecule has 0 spiro atoms. The van der Waals surface area contributed by atoms with Crippen LogP contribution in [0.3, 0.4) is 0 Å². The number of benzene rings is 1. The summed E-state index contributed by atoms with van der Waals surface area (Å²) in [6, 6.07) is 8.70. The number of halogens is 1. The molecule has 0 saturated carbocycles. The third-order valence-corrected chi connectivity index (χ3v) is 4.20. The highest BCUT2D eigenvalue weighted by molar-refractivity contribution is 9.10. The van der Waals surface area contributed by atoms with Gasteiger partial charge in [-0.2, -0.15) is 0 Å². The summed E-state index contributed by atoms with van der Waals surface area (Å²) in [6.45, 7) is 10.4. The van der Waals surface area contributed by atoms with Crippen LogP contribution in [-0.2, 0) is 6.54 Å². The topological polar surface area (TPSA) is 15.3 Å². The Kier molecular flexibility index (Phi) is 5.86. The van der Waals surface area contributed by atoms with Crippen LogP contribution in [0.5, 0.6) is 0 Å². The van der Waals surface area contributed by atoms with Crippen LogP contribution in [0.15, 0.2) is 28.7 Å². The van der Waals surface area contributed by atoms with E-state index in [0.717, 1.165) is 29.4 Å². The first-order valence-electron chi connectivity index (χ1n) is 7.31. The van der Waals surface area contributed by atoms with E-state index < -0.39 is 0 Å². The van der Waals surface area contributed by atoms with Gasteiger partial charge in [-0.3, -0.25) is 4.90 Å². The zero-order valence-electron chi connectivity index (χ0n) is 12.0. The van der Waals surface area contributed by atoms with Crippen LogP contribution < -0.4 is 5.32 Å². The van der Waals surface area contributed by atoms with Crippen LogP contribution in [-0.4, -0.2) is 31.1 Å². The minimum Gasteiger partial charge on any atom is -0.316 e. The molecule has 1 saturated heterocycles. The average Bonchev–Trinajstić information content (AvgIpc) is 2.79. The number of hydrogen-bond acceptors (Lipinski definition) is 2. The largest absolute Gasteiger partial charge is 0.316 e. The zero-order valence-corrected chi connectivity index (χ0v) is 13.6. The summed E-state index contributed by atoms with van der Waals surface area (Å²) in [7, 11) is 0. The van der Waals surface area contributed by atoms with E-state index in [-0.39, 0.29) is 0 Å². The molecule has 0 bridgehead atoms. The molecule has 106 valence electrons. The number of rotatable bonds is 6. The summed E-state index contributed by atoms with van der Waals surface area (Å²) in [5.74, 6) is 1.58. The lowest BCUT2D eigenvalue weighted by molar-refractivity contribution is 0.313. The molecule has 1 aliphatic rings. The Morgan fingerprint density at radius 2 is 2.05 bits per heavy atom. The van der Waals surface area contributed by atoms with Gasteiger partial charge in [0.15, 0.2) is 0 Å². The van der Waals surface area contributed by atoms with Gasteiger partial charge in [0, 0.05) is 17.6 Å². The van der Waals surface area contributed by atoms with Crippen LogP contribution >= 0.6 is 15.9 Å². The SMILES string of the molecule is CC(C)CNCC1CCN(Cc2ccc(Br)cc2)C1. The highest BCUT2D eigenvalue weighted by Crippen LogP contribution is 2.19. The van der Waals surface area contributed by atoms with Crippen LogP contribution in [0, 0.1) is 11.8 Å². The molecule has 1 aromatic rings. The van der Waals surface area contributed by atoms with Gasteiger partial charge in [0.2, 0.25) is 0 Å². The standard InChI is InChI=1S/C16H25BrN2/c1-13(2)9-18-10-15-7-8-19(12-15)11-14-3-5-16(17)6-4-14/h3-6,13,15,18H,7-12H2,1-2H3. The van der Waals surface area contributed by atoms with Crippen molar-refractivity contribution in [1.29, 1.82) is 0 Å². The maximum absolute atomic E-state index is 3.59. The molecule has 1 aliphatic heterocycles. The van der Waals surface area contributed by atoms with Crippen LogP contribution in [0.25, 0.3) is 0 Å². The third-order valence-electron chi connectivity index (χ3n) is 3.68. The summed E-state index contributed by atoms with van der Waals surface area (Å²) in [5.41, 5.74) is 1.42. The fraction of sp³-hybridized carbons (Fsp3) is 0.625. The van der Waals surface area contributed by atoms with Gasteiger partial charge in [-0.25, -0.2) is 0 Å². The molecule has 1 aromatic carbocycles. The molecule has 0 amide bonds. The van der Waals surface area contributed by atoms with E-state index in [1.54, 1.807) is 0 Å². The van der Waals surface area contributed by atoms with Crippen molar-refractivity contribution in [3.63, 3.8) is 0 Å². The molecule has 1 N–H and O–H groups in total. The smallest absolute Gasteiger partial charge is 0.0233 e. The Morgan fingerprint density at radius 3 is 2.74 bits per heavy atom. The van der Waals surface area contributed by atoms with E-state index >= 15 is 0 Å². The van der Waals surface area contributed by atoms with Gasteiger partial charge in [-0.1, -0.05) is 41.9 Å². The maximum atomic E-state index is 3.59. The van der Waals surface area contributed by atoms with Crippen molar-refractivity contribution in [3.05, 3.63) is 34.3 Å². The fourth-order valence-corrected chi connectivity index (χ4v) is 2.91. The first-order chi connectivity index (χ1) is 9.13. The van der Waals surface area contributed by atoms with E-state index in [9.17, 15) is 0 Å². The van der Waals surface area contributed by atoms with Gasteiger partial charge >= 0.3 is 0 Å². The summed E-state index contributed by atoms with van der Waals surface area (Å²) in [6.07, 6.45) is 1.33. The lowest BCUT2D eigenvalue weighted by atomic mass is 10.1. The second-order valence-corrected chi connectivity index (χ2v) is 6.98. The fourth-order valence-electron chi connectivity index (χ4n) is 2.65. The minimum absolute atomic E-state index is 0.750. The molecular formula is C16H25BrN2. The predicted molar refractivity (Wildman–Crippen MR) is 85.2 cm³/mol. The van der Waals surface area contributed by atoms with Crippen molar-refractivity contribution < 1.29 is 0 Å². The zero-order chi connectivity index (χ0) is 13.7. The van der Waals surface area contributed by atoms with E-state index in [1.807, 2.05) is 0 Å². The number of hydrogen-bond donors (Lipinski definition) is 1. The molecule has 19 heavy (non-hydrogen) atoms. The lowest BCUT2D eigenvalue weighted by Gasteiger charge is -2.17. The second-order valence-electron chi connectivity index (χ2n) is 6.07. The molecule has 0 aromatic heterocycles. The van der Waals surface area contributed by atoms with Crippen molar-refractivity contribution in [2.45, 2.75) is 26.8 Å². The highest BCUT2D eigenvalue weighted by atomic mass is 79.9. The van der Waals surface area contributed by atoms with E-state index in [2.05, 4.69) is 64.3 Å². The molecule has 1 heterocycles. The normalized spacial score (nSPS) is 20.3. The highest BCUT2D eigenvalue weighted by Gasteiger charge is 2.21. The van der Waals surface area contributed by atoms with Crippen LogP contribution in [0.1, 0.15) is 25.8 Å². The van der Waals surface area contributed by atoms with Crippen molar-refractivity contribution in [1.82, 2.24) is 10.2 Å². The lowest BCUT2D eigenvalue weighted by Crippen LogP contribution is -2.28. The predicted octanol–water partition coefficient (Wildman–Crippen LogP) is 3.52. The minimum atomic E-state index is 0.750. The molecule has 3 heteroatoms. The second kappa shape index (κ2) is 7.41. The Bertz CT molecular complexity index is 375. The average molecular weight is 325 g/mol. The van der Waals surface area contributed by atoms with Crippen molar-refractivity contribution in [2.24, 2.45) is 11.8 Å². The van der Waals surface area contributed by atoms with E-state index in [0.29, 0.717) is 0 Å². The van der Waals surface area contributed by atoms with Crippen LogP contribution in [0.2, 0.25) is 0 Å². The van der Waals surface area contributed by atoms with Crippen molar-refractivity contribution >= 4 is 15.9 Å². The molecule has 0 radical (unpaired) electrons. The molecule has 0 aliphatic carbocycles. The Morgan fingerprint density at radius 1 is 1.32 bits per heavy atom. The summed E-state index contributed by atoms with van der Waals surface area (Å²) >= 11 is 3.49. The molecular weight excluding hydrogens is 300 g/mol. The number of likely N-dealkylation sites (tertiary alicyclic amines) is 1. The molecule has 2 rings (SSSR count). The molecule has 1 atom stereocenters. The first-order valence-corrected chi connectivity index (χ1v) is 8.10. The van der Waals surface area contributed by atoms with Crippen molar-refractivity contribution in [2.75, 3.05) is 26.2 Å². The Hall–Kier alpha value is -0.380. The quantitative estimate of drug-likeness (QED) is 0.861. The van der Waals surface area contributed by atoms with Gasteiger partial charge in [0.05, 0.1) is 0 Å². The first kappa shape index (κ1) is 15.0. The summed E-state index contributed by atoms with van der Waals surface area (Å²) in [4.78, 5) is 2.57. The third kappa shape index (κ3) is 5.25. The Balaban J connectivity index is 1.71. The number of nitrogens with one attached hydrogen (secondary N) is 1. The maximum Gasteiger partial charge on any atom is 0.0233 e. The number of nitrogens with zero attached hydrogens (tertiary/aromatic N) is 1. The van der Waals surface area contributed by atoms with Gasteiger partial charge in [-0.15, -0.1) is 0 Å².